The molecule has 0 bridgehead atoms. The average molecular weight is 325 g/mol. The van der Waals surface area contributed by atoms with Crippen molar-refractivity contribution >= 4 is 32.5 Å². The molecule has 3 aromatic rings. The summed E-state index contributed by atoms with van der Waals surface area (Å²) in [7, 11) is 0. The first-order valence-corrected chi connectivity index (χ1v) is 8.33. The third-order valence-corrected chi connectivity index (χ3v) is 4.36. The van der Waals surface area contributed by atoms with Crippen LogP contribution in [-0.4, -0.2) is 11.7 Å². The van der Waals surface area contributed by atoms with Crippen molar-refractivity contribution in [3.8, 4) is 11.1 Å². The summed E-state index contributed by atoms with van der Waals surface area (Å²) >= 11 is 1.56. The number of carbonyl (C=O) groups is 1. The molecule has 0 aliphatic heterocycles. The normalized spacial score (nSPS) is 11.4. The molecule has 4 heteroatoms. The standard InChI is InChI=1S/C19H19NO2S/c1-19(2,3)22-18(21)20-17-16(13-9-5-4-6-10-13)14-11-7-8-12-15(14)23-17/h4-12H,1-3H3,(H,20,21). The third-order valence-electron chi connectivity index (χ3n) is 3.27. The number of fused-ring (bicyclic) bond motifs is 1. The molecular formula is C19H19NO2S. The molecule has 0 fully saturated rings. The Kier molecular flexibility index (Phi) is 4.09. The molecule has 118 valence electrons. The highest BCUT2D eigenvalue weighted by atomic mass is 32.1. The summed E-state index contributed by atoms with van der Waals surface area (Å²) in [4.78, 5) is 12.2. The molecule has 0 radical (unpaired) electrons. The van der Waals surface area contributed by atoms with Gasteiger partial charge >= 0.3 is 6.09 Å². The number of rotatable bonds is 2. The highest BCUT2D eigenvalue weighted by molar-refractivity contribution is 7.23. The number of anilines is 1. The van der Waals surface area contributed by atoms with Gasteiger partial charge in [0.25, 0.3) is 0 Å². The molecule has 0 saturated heterocycles. The van der Waals surface area contributed by atoms with Crippen LogP contribution in [0.3, 0.4) is 0 Å². The second-order valence-corrected chi connectivity index (χ2v) is 7.35. The van der Waals surface area contributed by atoms with E-state index >= 15 is 0 Å². The second-order valence-electron chi connectivity index (χ2n) is 6.30. The minimum Gasteiger partial charge on any atom is -0.444 e. The number of nitrogens with one attached hydrogen (secondary N) is 1. The Labute approximate surface area is 139 Å². The summed E-state index contributed by atoms with van der Waals surface area (Å²) in [5.74, 6) is 0. The summed E-state index contributed by atoms with van der Waals surface area (Å²) < 4.78 is 6.52. The molecule has 0 atom stereocenters. The molecule has 0 saturated carbocycles. The number of benzene rings is 2. The Morgan fingerprint density at radius 1 is 1.00 bits per heavy atom. The number of hydrogen-bond acceptors (Lipinski definition) is 3. The van der Waals surface area contributed by atoms with Gasteiger partial charge in [0, 0.05) is 15.6 Å². The van der Waals surface area contributed by atoms with E-state index < -0.39 is 11.7 Å². The molecule has 1 aromatic heterocycles. The van der Waals surface area contributed by atoms with Crippen molar-refractivity contribution in [2.75, 3.05) is 5.32 Å². The summed E-state index contributed by atoms with van der Waals surface area (Å²) in [6.07, 6.45) is -0.429. The number of amides is 1. The minimum atomic E-state index is -0.520. The molecule has 0 unspecified atom stereocenters. The number of carbonyl (C=O) groups excluding carboxylic acids is 1. The summed E-state index contributed by atoms with van der Waals surface area (Å²) in [6, 6.07) is 18.2. The van der Waals surface area contributed by atoms with Gasteiger partial charge < -0.3 is 4.74 Å². The maximum absolute atomic E-state index is 12.2. The van der Waals surface area contributed by atoms with E-state index in [-0.39, 0.29) is 0 Å². The van der Waals surface area contributed by atoms with E-state index in [1.54, 1.807) is 11.3 Å². The van der Waals surface area contributed by atoms with Gasteiger partial charge in [-0.15, -0.1) is 11.3 Å². The summed E-state index contributed by atoms with van der Waals surface area (Å²) in [5.41, 5.74) is 1.60. The van der Waals surface area contributed by atoms with Gasteiger partial charge in [0.2, 0.25) is 0 Å². The molecule has 0 aliphatic rings. The van der Waals surface area contributed by atoms with E-state index in [2.05, 4.69) is 29.6 Å². The lowest BCUT2D eigenvalue weighted by molar-refractivity contribution is 0.0636. The van der Waals surface area contributed by atoms with Crippen molar-refractivity contribution in [3.05, 3.63) is 54.6 Å². The predicted octanol–water partition coefficient (Wildman–Crippen LogP) is 5.92. The topological polar surface area (TPSA) is 38.3 Å². The lowest BCUT2D eigenvalue weighted by Gasteiger charge is -2.19. The Balaban J connectivity index is 2.05. The van der Waals surface area contributed by atoms with Crippen LogP contribution in [0.5, 0.6) is 0 Å². The first-order chi connectivity index (χ1) is 10.9. The lowest BCUT2D eigenvalue weighted by Crippen LogP contribution is -2.27. The fourth-order valence-electron chi connectivity index (χ4n) is 2.42. The minimum absolute atomic E-state index is 0.429. The molecule has 23 heavy (non-hydrogen) atoms. The zero-order valence-corrected chi connectivity index (χ0v) is 14.2. The molecular weight excluding hydrogens is 306 g/mol. The van der Waals surface area contributed by atoms with Crippen molar-refractivity contribution in [1.29, 1.82) is 0 Å². The lowest BCUT2D eigenvalue weighted by atomic mass is 10.0. The Morgan fingerprint density at radius 2 is 1.65 bits per heavy atom. The van der Waals surface area contributed by atoms with E-state index in [1.165, 1.54) is 0 Å². The Bertz CT molecular complexity index is 831. The van der Waals surface area contributed by atoms with Crippen molar-refractivity contribution in [3.63, 3.8) is 0 Å². The van der Waals surface area contributed by atoms with Crippen LogP contribution >= 0.6 is 11.3 Å². The van der Waals surface area contributed by atoms with Gasteiger partial charge in [-0.3, -0.25) is 5.32 Å². The van der Waals surface area contributed by atoms with Crippen molar-refractivity contribution in [2.45, 2.75) is 26.4 Å². The largest absolute Gasteiger partial charge is 0.444 e. The highest BCUT2D eigenvalue weighted by Gasteiger charge is 2.20. The van der Waals surface area contributed by atoms with Crippen LogP contribution < -0.4 is 5.32 Å². The maximum Gasteiger partial charge on any atom is 0.412 e. The second kappa shape index (κ2) is 6.05. The molecule has 1 heterocycles. The molecule has 2 aromatic carbocycles. The van der Waals surface area contributed by atoms with Gasteiger partial charge in [-0.05, 0) is 32.4 Å². The Hall–Kier alpha value is -2.33. The van der Waals surface area contributed by atoms with Crippen LogP contribution in [0.25, 0.3) is 21.2 Å². The van der Waals surface area contributed by atoms with Gasteiger partial charge in [0.15, 0.2) is 0 Å². The van der Waals surface area contributed by atoms with Gasteiger partial charge in [0.1, 0.15) is 10.6 Å². The van der Waals surface area contributed by atoms with E-state index in [0.29, 0.717) is 0 Å². The number of thiophene rings is 1. The fraction of sp³-hybridized carbons (Fsp3) is 0.211. The number of ether oxygens (including phenoxy) is 1. The summed E-state index contributed by atoms with van der Waals surface area (Å²) in [6.45, 7) is 5.57. The van der Waals surface area contributed by atoms with E-state index in [9.17, 15) is 4.79 Å². The van der Waals surface area contributed by atoms with Crippen LogP contribution in [0, 0.1) is 0 Å². The van der Waals surface area contributed by atoms with Crippen LogP contribution in [0.2, 0.25) is 0 Å². The quantitative estimate of drug-likeness (QED) is 0.635. The first kappa shape index (κ1) is 15.6. The Morgan fingerprint density at radius 3 is 2.35 bits per heavy atom. The van der Waals surface area contributed by atoms with Crippen LogP contribution in [-0.2, 0) is 4.74 Å². The third kappa shape index (κ3) is 3.54. The zero-order chi connectivity index (χ0) is 16.4. The van der Waals surface area contributed by atoms with Crippen molar-refractivity contribution < 1.29 is 9.53 Å². The monoisotopic (exact) mass is 325 g/mol. The van der Waals surface area contributed by atoms with E-state index in [0.717, 1.165) is 26.2 Å². The van der Waals surface area contributed by atoms with Gasteiger partial charge in [0.05, 0.1) is 0 Å². The number of hydrogen-bond donors (Lipinski definition) is 1. The first-order valence-electron chi connectivity index (χ1n) is 7.51. The van der Waals surface area contributed by atoms with Gasteiger partial charge in [-0.25, -0.2) is 4.79 Å². The van der Waals surface area contributed by atoms with Crippen molar-refractivity contribution in [1.82, 2.24) is 0 Å². The SMILES string of the molecule is CC(C)(C)OC(=O)Nc1sc2ccccc2c1-c1ccccc1. The van der Waals surface area contributed by atoms with Crippen LogP contribution in [0.15, 0.2) is 54.6 Å². The maximum atomic E-state index is 12.2. The van der Waals surface area contributed by atoms with Crippen molar-refractivity contribution in [2.24, 2.45) is 0 Å². The summed E-state index contributed by atoms with van der Waals surface area (Å²) in [5, 5.41) is 4.86. The molecule has 1 amide bonds. The average Bonchev–Trinajstić information content (AvgIpc) is 2.83. The zero-order valence-electron chi connectivity index (χ0n) is 13.4. The van der Waals surface area contributed by atoms with Gasteiger partial charge in [-0.2, -0.15) is 0 Å². The smallest absolute Gasteiger partial charge is 0.412 e. The molecule has 0 spiro atoms. The van der Waals surface area contributed by atoms with Crippen LogP contribution in [0.4, 0.5) is 9.80 Å². The van der Waals surface area contributed by atoms with E-state index in [4.69, 9.17) is 4.74 Å². The molecule has 1 N–H and O–H groups in total. The molecule has 3 rings (SSSR count). The predicted molar refractivity (Wildman–Crippen MR) is 97.1 cm³/mol. The van der Waals surface area contributed by atoms with Gasteiger partial charge in [-0.1, -0.05) is 48.5 Å². The van der Waals surface area contributed by atoms with Crippen LogP contribution in [0.1, 0.15) is 20.8 Å². The highest BCUT2D eigenvalue weighted by Crippen LogP contribution is 2.42. The molecule has 3 nitrogen and oxygen atoms in total. The fourth-order valence-corrected chi connectivity index (χ4v) is 3.53. The molecule has 0 aliphatic carbocycles. The van der Waals surface area contributed by atoms with E-state index in [1.807, 2.05) is 51.1 Å².